The van der Waals surface area contributed by atoms with Crippen LogP contribution in [0.4, 0.5) is 0 Å². The van der Waals surface area contributed by atoms with Crippen molar-refractivity contribution in [3.05, 3.63) is 33.1 Å². The molecule has 22 heavy (non-hydrogen) atoms. The number of carbonyl (C=O) groups is 2. The molecule has 1 aliphatic rings. The molecule has 1 aromatic rings. The van der Waals surface area contributed by atoms with Gasteiger partial charge >= 0.3 is 11.7 Å². The molecule has 2 N–H and O–H groups in total. The van der Waals surface area contributed by atoms with Crippen molar-refractivity contribution in [2.45, 2.75) is 38.3 Å². The monoisotopic (exact) mass is 309 g/mol. The van der Waals surface area contributed by atoms with Crippen LogP contribution in [0.2, 0.25) is 0 Å². The van der Waals surface area contributed by atoms with Gasteiger partial charge in [0.25, 0.3) is 5.56 Å². The second-order valence-electron chi connectivity index (χ2n) is 5.58. The molecule has 1 heterocycles. The van der Waals surface area contributed by atoms with Crippen LogP contribution in [0.5, 0.6) is 0 Å². The molecule has 120 valence electrons. The van der Waals surface area contributed by atoms with E-state index in [0.29, 0.717) is 25.7 Å². The van der Waals surface area contributed by atoms with E-state index in [9.17, 15) is 19.2 Å². The van der Waals surface area contributed by atoms with E-state index in [1.165, 1.54) is 23.9 Å². The number of amides is 1. The van der Waals surface area contributed by atoms with Crippen LogP contribution in [-0.2, 0) is 23.2 Å². The highest BCUT2D eigenvalue weighted by Gasteiger charge is 2.26. The summed E-state index contributed by atoms with van der Waals surface area (Å²) in [6.07, 6.45) is 3.61. The molecule has 8 heteroatoms. The zero-order chi connectivity index (χ0) is 16.3. The van der Waals surface area contributed by atoms with Crippen molar-refractivity contribution in [3.63, 3.8) is 0 Å². The predicted molar refractivity (Wildman–Crippen MR) is 77.5 cm³/mol. The van der Waals surface area contributed by atoms with E-state index >= 15 is 0 Å². The van der Waals surface area contributed by atoms with Crippen molar-refractivity contribution in [3.8, 4) is 0 Å². The molecule has 0 saturated heterocycles. The van der Waals surface area contributed by atoms with Crippen molar-refractivity contribution in [2.75, 3.05) is 0 Å². The maximum atomic E-state index is 12.0. The summed E-state index contributed by atoms with van der Waals surface area (Å²) in [6, 6.07) is 1.17. The van der Waals surface area contributed by atoms with Gasteiger partial charge in [-0.05, 0) is 25.7 Å². The highest BCUT2D eigenvalue weighted by Crippen LogP contribution is 2.24. The Kier molecular flexibility index (Phi) is 4.79. The highest BCUT2D eigenvalue weighted by molar-refractivity contribution is 5.76. The number of rotatable bonds is 4. The average Bonchev–Trinajstić information content (AvgIpc) is 2.48. The number of carboxylic acids is 1. The minimum Gasteiger partial charge on any atom is -0.481 e. The van der Waals surface area contributed by atoms with Gasteiger partial charge in [0.2, 0.25) is 5.91 Å². The Morgan fingerprint density at radius 2 is 1.91 bits per heavy atom. The minimum absolute atomic E-state index is 0.0636. The van der Waals surface area contributed by atoms with Crippen LogP contribution < -0.4 is 16.6 Å². The molecule has 1 aliphatic carbocycles. The van der Waals surface area contributed by atoms with Crippen LogP contribution in [0.25, 0.3) is 0 Å². The normalized spacial score (nSPS) is 21.3. The molecule has 1 aromatic heterocycles. The summed E-state index contributed by atoms with van der Waals surface area (Å²) in [6.45, 7) is -0.161. The number of hydrogen-bond donors (Lipinski definition) is 2. The Hall–Kier alpha value is -2.38. The van der Waals surface area contributed by atoms with Crippen LogP contribution in [0.1, 0.15) is 25.7 Å². The maximum absolute atomic E-state index is 12.0. The Labute approximate surface area is 126 Å². The van der Waals surface area contributed by atoms with Gasteiger partial charge in [-0.3, -0.25) is 23.5 Å². The fraction of sp³-hybridized carbons (Fsp3) is 0.571. The molecule has 1 amide bonds. The van der Waals surface area contributed by atoms with Gasteiger partial charge in [0, 0.05) is 25.4 Å². The summed E-state index contributed by atoms with van der Waals surface area (Å²) in [4.78, 5) is 45.9. The lowest BCUT2D eigenvalue weighted by Crippen LogP contribution is -2.43. The molecule has 0 radical (unpaired) electrons. The molecule has 2 rings (SSSR count). The van der Waals surface area contributed by atoms with Crippen molar-refractivity contribution >= 4 is 11.9 Å². The van der Waals surface area contributed by atoms with Gasteiger partial charge in [-0.1, -0.05) is 0 Å². The Morgan fingerprint density at radius 1 is 1.27 bits per heavy atom. The first kappa shape index (κ1) is 16.0. The summed E-state index contributed by atoms with van der Waals surface area (Å²) in [5, 5.41) is 11.7. The number of aliphatic carboxylic acids is 1. The van der Waals surface area contributed by atoms with Crippen LogP contribution in [0, 0.1) is 5.92 Å². The molecule has 0 bridgehead atoms. The van der Waals surface area contributed by atoms with Gasteiger partial charge in [-0.2, -0.15) is 0 Å². The standard InChI is InChI=1S/C14H19N3O5/c1-16-12(19)6-7-17(14(16)22)8-11(18)15-10-4-2-9(3-5-10)13(20)21/h6-7,9-10H,2-5,8H2,1H3,(H,15,18)(H,20,21). The Morgan fingerprint density at radius 3 is 2.50 bits per heavy atom. The Bertz CT molecular complexity index is 682. The van der Waals surface area contributed by atoms with Crippen molar-refractivity contribution in [2.24, 2.45) is 13.0 Å². The first-order chi connectivity index (χ1) is 10.4. The van der Waals surface area contributed by atoms with Gasteiger partial charge in [-0.25, -0.2) is 4.79 Å². The highest BCUT2D eigenvalue weighted by atomic mass is 16.4. The smallest absolute Gasteiger partial charge is 0.331 e. The zero-order valence-electron chi connectivity index (χ0n) is 12.3. The van der Waals surface area contributed by atoms with E-state index in [1.54, 1.807) is 0 Å². The summed E-state index contributed by atoms with van der Waals surface area (Å²) in [5.74, 6) is -1.44. The van der Waals surface area contributed by atoms with Crippen LogP contribution >= 0.6 is 0 Å². The molecular formula is C14H19N3O5. The Balaban J connectivity index is 1.92. The predicted octanol–water partition coefficient (Wildman–Crippen LogP) is -0.693. The number of nitrogens with one attached hydrogen (secondary N) is 1. The van der Waals surface area contributed by atoms with E-state index in [-0.39, 0.29) is 24.4 Å². The van der Waals surface area contributed by atoms with Gasteiger partial charge in [-0.15, -0.1) is 0 Å². The molecule has 0 aliphatic heterocycles. The molecule has 1 fully saturated rings. The third-order valence-electron chi connectivity index (χ3n) is 4.02. The summed E-state index contributed by atoms with van der Waals surface area (Å²) in [5.41, 5.74) is -0.967. The fourth-order valence-corrected chi connectivity index (χ4v) is 2.65. The number of aromatic nitrogens is 2. The largest absolute Gasteiger partial charge is 0.481 e. The van der Waals surface area contributed by atoms with Crippen LogP contribution in [0.15, 0.2) is 21.9 Å². The molecule has 8 nitrogen and oxygen atoms in total. The fourth-order valence-electron chi connectivity index (χ4n) is 2.65. The SMILES string of the molecule is Cn1c(=O)ccn(CC(=O)NC2CCC(C(=O)O)CC2)c1=O. The molecule has 0 atom stereocenters. The van der Waals surface area contributed by atoms with E-state index in [2.05, 4.69) is 5.32 Å². The summed E-state index contributed by atoms with van der Waals surface area (Å²) in [7, 11) is 1.35. The van der Waals surface area contributed by atoms with Crippen LogP contribution in [0.3, 0.4) is 0 Å². The topological polar surface area (TPSA) is 110 Å². The number of carbonyl (C=O) groups excluding carboxylic acids is 1. The number of carboxylic acid groups (broad SMARTS) is 1. The second kappa shape index (κ2) is 6.59. The lowest BCUT2D eigenvalue weighted by Gasteiger charge is -2.26. The number of nitrogens with zero attached hydrogens (tertiary/aromatic N) is 2. The van der Waals surface area contributed by atoms with Crippen molar-refractivity contribution < 1.29 is 14.7 Å². The first-order valence-electron chi connectivity index (χ1n) is 7.17. The molecule has 0 aromatic carbocycles. The summed E-state index contributed by atoms with van der Waals surface area (Å²) >= 11 is 0. The van der Waals surface area contributed by atoms with E-state index in [4.69, 9.17) is 5.11 Å². The maximum Gasteiger partial charge on any atom is 0.331 e. The van der Waals surface area contributed by atoms with Gasteiger partial charge < -0.3 is 10.4 Å². The lowest BCUT2D eigenvalue weighted by atomic mass is 9.86. The quantitative estimate of drug-likeness (QED) is 0.764. The van der Waals surface area contributed by atoms with E-state index < -0.39 is 17.2 Å². The lowest BCUT2D eigenvalue weighted by molar-refractivity contribution is -0.142. The van der Waals surface area contributed by atoms with Crippen molar-refractivity contribution in [1.29, 1.82) is 0 Å². The zero-order valence-corrected chi connectivity index (χ0v) is 12.3. The molecule has 1 saturated carbocycles. The van der Waals surface area contributed by atoms with Gasteiger partial charge in [0.1, 0.15) is 6.54 Å². The van der Waals surface area contributed by atoms with Crippen LogP contribution in [-0.4, -0.2) is 32.2 Å². The van der Waals surface area contributed by atoms with Gasteiger partial charge in [0.15, 0.2) is 0 Å². The third kappa shape index (κ3) is 3.63. The number of hydrogen-bond acceptors (Lipinski definition) is 4. The summed E-state index contributed by atoms with van der Waals surface area (Å²) < 4.78 is 2.10. The molecule has 0 unspecified atom stereocenters. The van der Waals surface area contributed by atoms with Crippen molar-refractivity contribution in [1.82, 2.24) is 14.5 Å². The first-order valence-corrected chi connectivity index (χ1v) is 7.17. The van der Waals surface area contributed by atoms with E-state index in [0.717, 1.165) is 4.57 Å². The third-order valence-corrected chi connectivity index (χ3v) is 4.02. The van der Waals surface area contributed by atoms with E-state index in [1.807, 2.05) is 0 Å². The second-order valence-corrected chi connectivity index (χ2v) is 5.58. The molecule has 0 spiro atoms. The minimum atomic E-state index is -0.790. The molecular weight excluding hydrogens is 290 g/mol. The average molecular weight is 309 g/mol. The van der Waals surface area contributed by atoms with Gasteiger partial charge in [0.05, 0.1) is 5.92 Å².